The van der Waals surface area contributed by atoms with Crippen LogP contribution in [0.25, 0.3) is 0 Å². The summed E-state index contributed by atoms with van der Waals surface area (Å²) in [4.78, 5) is 0. The lowest BCUT2D eigenvalue weighted by Crippen LogP contribution is -2.28. The quantitative estimate of drug-likeness (QED) is 0.408. The molecule has 0 heterocycles. The van der Waals surface area contributed by atoms with E-state index in [0.29, 0.717) is 0 Å². The van der Waals surface area contributed by atoms with E-state index in [0.717, 1.165) is 6.26 Å². The van der Waals surface area contributed by atoms with E-state index >= 15 is 0 Å². The third-order valence-corrected chi connectivity index (χ3v) is 1.70. The summed E-state index contributed by atoms with van der Waals surface area (Å²) in [5.41, 5.74) is -0.748. The van der Waals surface area contributed by atoms with Gasteiger partial charge in [0.15, 0.2) is 0 Å². The summed E-state index contributed by atoms with van der Waals surface area (Å²) in [5.74, 6) is 0. The van der Waals surface area contributed by atoms with E-state index in [1.807, 2.05) is 0 Å². The van der Waals surface area contributed by atoms with Crippen LogP contribution in [0.3, 0.4) is 0 Å². The molecule has 0 radical (unpaired) electrons. The summed E-state index contributed by atoms with van der Waals surface area (Å²) in [6.07, 6.45) is -3.01. The van der Waals surface area contributed by atoms with E-state index in [4.69, 9.17) is 0 Å². The van der Waals surface area contributed by atoms with Crippen LogP contribution in [0.15, 0.2) is 11.7 Å². The van der Waals surface area contributed by atoms with Crippen LogP contribution in [0.5, 0.6) is 0 Å². The van der Waals surface area contributed by atoms with Gasteiger partial charge in [-0.25, -0.2) is 0 Å². The van der Waals surface area contributed by atoms with Crippen molar-refractivity contribution < 1.29 is 21.4 Å². The topological polar surface area (TPSA) is 43.4 Å². The Hall–Kier alpha value is -0.585. The second kappa shape index (κ2) is 3.65. The molecule has 3 nitrogen and oxygen atoms in total. The van der Waals surface area contributed by atoms with Crippen molar-refractivity contribution in [3.05, 3.63) is 11.7 Å². The number of hydrogen-bond acceptors (Lipinski definition) is 3. The average Bonchev–Trinajstić information content (AvgIpc) is 1.77. The summed E-state index contributed by atoms with van der Waals surface area (Å²) < 4.78 is 49.9. The Kier molecular flexibility index (Phi) is 3.49. The predicted octanol–water partition coefficient (Wildman–Crippen LogP) is 1.95. The molecule has 0 fully saturated rings. The smallest absolute Gasteiger partial charge is 0.302 e. The molecule has 0 atom stereocenters. The summed E-state index contributed by atoms with van der Waals surface area (Å²) in [5, 5.41) is 0. The minimum absolute atomic E-state index is 0.734. The number of hydrogen-bond donors (Lipinski definition) is 0. The third kappa shape index (κ3) is 4.87. The highest BCUT2D eigenvalue weighted by atomic mass is 32.2. The molecule has 0 N–H and O–H groups in total. The lowest BCUT2D eigenvalue weighted by Gasteiger charge is -2.26. The fourth-order valence-electron chi connectivity index (χ4n) is 0.666. The molecular formula is C6H12BF2O3S-. The second-order valence-corrected chi connectivity index (χ2v) is 5.59. The molecule has 0 aliphatic heterocycles. The van der Waals surface area contributed by atoms with Crippen LogP contribution < -0.4 is 0 Å². The zero-order valence-electron chi connectivity index (χ0n) is 7.97. The van der Waals surface area contributed by atoms with Gasteiger partial charge < -0.3 is 4.18 Å². The van der Waals surface area contributed by atoms with Crippen LogP contribution in [0.4, 0.5) is 8.78 Å². The molecule has 13 heavy (non-hydrogen) atoms. The first-order valence-electron chi connectivity index (χ1n) is 3.76. The van der Waals surface area contributed by atoms with Crippen molar-refractivity contribution in [3.8, 4) is 0 Å². The molecule has 0 unspecified atom stereocenters. The van der Waals surface area contributed by atoms with Crippen molar-refractivity contribution in [2.75, 3.05) is 6.26 Å². The molecule has 0 aliphatic carbocycles. The molecule has 0 spiro atoms. The maximum absolute atomic E-state index is 12.2. The van der Waals surface area contributed by atoms with E-state index < -0.39 is 28.0 Å². The fourth-order valence-corrected chi connectivity index (χ4v) is 1.34. The van der Waals surface area contributed by atoms with Gasteiger partial charge >= 0.3 is 10.1 Å². The Labute approximate surface area is 76.8 Å². The van der Waals surface area contributed by atoms with E-state index in [1.54, 1.807) is 0 Å². The molecule has 78 valence electrons. The van der Waals surface area contributed by atoms with Crippen LogP contribution in [-0.2, 0) is 14.3 Å². The van der Waals surface area contributed by atoms with Crippen LogP contribution in [0.1, 0.15) is 0 Å². The Morgan fingerprint density at radius 1 is 1.23 bits per heavy atom. The van der Waals surface area contributed by atoms with Crippen LogP contribution in [0.2, 0.25) is 20.5 Å². The summed E-state index contributed by atoms with van der Waals surface area (Å²) in [6, 6.07) is 0. The first-order chi connectivity index (χ1) is 5.54. The van der Waals surface area contributed by atoms with Crippen molar-refractivity contribution in [2.45, 2.75) is 20.5 Å². The standard InChI is InChI=1S/C6H12BF2O3S/c1-7(2,3)5(6(8)9)12-13(4,10)11/h1-4H3/q-1. The molecule has 0 bridgehead atoms. The highest BCUT2D eigenvalue weighted by Gasteiger charge is 2.21. The second-order valence-electron chi connectivity index (χ2n) is 4.01. The summed E-state index contributed by atoms with van der Waals surface area (Å²) >= 11 is 0. The van der Waals surface area contributed by atoms with Crippen LogP contribution >= 0.6 is 0 Å². The molecule has 0 aliphatic rings. The van der Waals surface area contributed by atoms with Gasteiger partial charge in [-0.2, -0.15) is 37.7 Å². The predicted molar refractivity (Wildman–Crippen MR) is 48.5 cm³/mol. The molecule has 0 saturated carbocycles. The van der Waals surface area contributed by atoms with Crippen molar-refractivity contribution >= 4 is 16.3 Å². The molecule has 0 rings (SSSR count). The Balaban J connectivity index is 5.03. The van der Waals surface area contributed by atoms with Crippen LogP contribution in [0, 0.1) is 0 Å². The van der Waals surface area contributed by atoms with Gasteiger partial charge in [0.25, 0.3) is 6.08 Å². The molecule has 0 amide bonds. The summed E-state index contributed by atoms with van der Waals surface area (Å²) in [6.45, 7) is 4.50. The third-order valence-electron chi connectivity index (χ3n) is 1.21. The minimum atomic E-state index is -3.87. The van der Waals surface area contributed by atoms with E-state index in [2.05, 4.69) is 4.18 Å². The summed E-state index contributed by atoms with van der Waals surface area (Å²) in [7, 11) is -3.87. The van der Waals surface area contributed by atoms with Crippen molar-refractivity contribution in [2.24, 2.45) is 0 Å². The maximum atomic E-state index is 12.2. The minimum Gasteiger partial charge on any atom is -0.425 e. The lowest BCUT2D eigenvalue weighted by molar-refractivity contribution is 0.348. The largest absolute Gasteiger partial charge is 0.425 e. The molecule has 0 aromatic carbocycles. The van der Waals surface area contributed by atoms with Crippen molar-refractivity contribution in [1.29, 1.82) is 0 Å². The van der Waals surface area contributed by atoms with Gasteiger partial charge in [0.2, 0.25) is 0 Å². The van der Waals surface area contributed by atoms with E-state index in [1.165, 1.54) is 20.5 Å². The molecular weight excluding hydrogens is 201 g/mol. The first-order valence-corrected chi connectivity index (χ1v) is 5.58. The van der Waals surface area contributed by atoms with Gasteiger partial charge in [0.1, 0.15) is 0 Å². The SMILES string of the molecule is C[B-](C)(C)C(OS(C)(=O)=O)=C(F)F. The van der Waals surface area contributed by atoms with Crippen LogP contribution in [-0.4, -0.2) is 20.8 Å². The van der Waals surface area contributed by atoms with Gasteiger partial charge in [0, 0.05) is 5.66 Å². The Morgan fingerprint density at radius 2 is 1.62 bits per heavy atom. The highest BCUT2D eigenvalue weighted by Crippen LogP contribution is 2.23. The molecule has 0 saturated heterocycles. The Bertz CT molecular complexity index is 311. The van der Waals surface area contributed by atoms with Gasteiger partial charge in [-0.3, -0.25) is 0 Å². The average molecular weight is 213 g/mol. The molecule has 7 heteroatoms. The lowest BCUT2D eigenvalue weighted by atomic mass is 9.29. The Morgan fingerprint density at radius 3 is 1.69 bits per heavy atom. The first kappa shape index (κ1) is 12.4. The molecule has 0 aromatic rings. The van der Waals surface area contributed by atoms with Gasteiger partial charge in [-0.15, -0.1) is 0 Å². The maximum Gasteiger partial charge on any atom is 0.302 e. The van der Waals surface area contributed by atoms with Gasteiger partial charge in [-0.1, -0.05) is 0 Å². The molecule has 0 aromatic heterocycles. The zero-order valence-corrected chi connectivity index (χ0v) is 8.78. The van der Waals surface area contributed by atoms with Gasteiger partial charge in [-0.05, 0) is 0 Å². The normalized spacial score (nSPS) is 12.5. The highest BCUT2D eigenvalue weighted by molar-refractivity contribution is 7.86. The van der Waals surface area contributed by atoms with E-state index in [9.17, 15) is 17.2 Å². The zero-order chi connectivity index (χ0) is 10.9. The van der Waals surface area contributed by atoms with Crippen molar-refractivity contribution in [1.82, 2.24) is 0 Å². The fraction of sp³-hybridized carbons (Fsp3) is 0.667. The monoisotopic (exact) mass is 213 g/mol. The van der Waals surface area contributed by atoms with Gasteiger partial charge in [0.05, 0.1) is 12.4 Å². The van der Waals surface area contributed by atoms with E-state index in [-0.39, 0.29) is 0 Å². The number of rotatable bonds is 3. The van der Waals surface area contributed by atoms with Crippen molar-refractivity contribution in [3.63, 3.8) is 0 Å². The number of halogens is 2.